The van der Waals surface area contributed by atoms with Crippen molar-refractivity contribution in [3.63, 3.8) is 0 Å². The van der Waals surface area contributed by atoms with Gasteiger partial charge in [-0.15, -0.1) is 0 Å². The molecule has 4 heteroatoms. The minimum Gasteiger partial charge on any atom is -0.456 e. The fourth-order valence-electron chi connectivity index (χ4n) is 6.29. The quantitative estimate of drug-likeness (QED) is 0.298. The Labute approximate surface area is 219 Å². The molecule has 0 aliphatic carbocycles. The molecule has 4 aromatic carbocycles. The molecule has 186 valence electrons. The fraction of sp³-hybridized carbons (Fsp3) is 0.242. The molecule has 0 N–H and O–H groups in total. The van der Waals surface area contributed by atoms with E-state index in [2.05, 4.69) is 100 Å². The van der Waals surface area contributed by atoms with Crippen LogP contribution in [0.2, 0.25) is 0 Å². The predicted octanol–water partition coefficient (Wildman–Crippen LogP) is 7.52. The summed E-state index contributed by atoms with van der Waals surface area (Å²) in [5.74, 6) is 1.60. The van der Waals surface area contributed by atoms with Crippen LogP contribution >= 0.6 is 0 Å². The summed E-state index contributed by atoms with van der Waals surface area (Å²) in [6, 6.07) is 27.1. The Morgan fingerprint density at radius 1 is 0.757 bits per heavy atom. The highest BCUT2D eigenvalue weighted by molar-refractivity contribution is 6.15. The molecule has 1 atom stereocenters. The number of ether oxygens (including phenoxy) is 1. The average molecular weight is 489 g/mol. The Hall–Kier alpha value is -4.05. The number of fused-ring (bicyclic) bond motifs is 6. The molecule has 4 nitrogen and oxygen atoms in total. The zero-order valence-corrected chi connectivity index (χ0v) is 22.1. The molecule has 4 aromatic rings. The second-order valence-electron chi connectivity index (χ2n) is 10.1. The normalized spacial score (nSPS) is 17.3. The Bertz CT molecular complexity index is 1530. The minimum atomic E-state index is -0.844. The zero-order valence-electron chi connectivity index (χ0n) is 22.1. The van der Waals surface area contributed by atoms with Crippen molar-refractivity contribution in [3.05, 3.63) is 118 Å². The van der Waals surface area contributed by atoms with Gasteiger partial charge in [0.15, 0.2) is 0 Å². The number of carbonyl (C=O) groups excluding carboxylic acids is 1. The van der Waals surface area contributed by atoms with Crippen molar-refractivity contribution in [2.75, 3.05) is 22.9 Å². The lowest BCUT2D eigenvalue weighted by Gasteiger charge is -2.45. The van der Waals surface area contributed by atoms with E-state index in [1.54, 1.807) is 0 Å². The molecule has 1 unspecified atom stereocenters. The zero-order chi connectivity index (χ0) is 25.9. The Kier molecular flexibility index (Phi) is 5.38. The number of nitrogens with zero attached hydrogens (tertiary/aromatic N) is 2. The third-order valence-corrected chi connectivity index (χ3v) is 7.98. The van der Waals surface area contributed by atoms with Crippen LogP contribution in [0.15, 0.2) is 78.9 Å². The van der Waals surface area contributed by atoms with Gasteiger partial charge in [-0.2, -0.15) is 0 Å². The lowest BCUT2D eigenvalue weighted by atomic mass is 9.74. The van der Waals surface area contributed by atoms with Gasteiger partial charge in [-0.25, -0.2) is 0 Å². The molecular weight excluding hydrogens is 456 g/mol. The summed E-state index contributed by atoms with van der Waals surface area (Å²) < 4.78 is 6.66. The first-order valence-corrected chi connectivity index (χ1v) is 13.1. The molecule has 2 aliphatic heterocycles. The highest BCUT2D eigenvalue weighted by Gasteiger charge is 2.57. The Balaban J connectivity index is 1.76. The maximum atomic E-state index is 14.4. The number of amides is 1. The second-order valence-corrected chi connectivity index (χ2v) is 10.1. The molecule has 0 aromatic heterocycles. The summed E-state index contributed by atoms with van der Waals surface area (Å²) in [6.45, 7) is 12.4. The first kappa shape index (κ1) is 23.4. The standard InChI is InChI=1S/C33H32N2O2/c1-6-34(7-2)24-16-18-28-30(20-24)37-29-19-21(3)15-17-27(29)33(28)26-14-9-8-13-25(26)32(36)35(33)31-22(4)11-10-12-23(31)5/h8-20H,6-7H2,1-5H3. The smallest absolute Gasteiger partial charge is 0.260 e. The molecular formula is C33H32N2O2. The van der Waals surface area contributed by atoms with Gasteiger partial charge in [-0.05, 0) is 69.5 Å². The van der Waals surface area contributed by atoms with Gasteiger partial charge in [-0.1, -0.05) is 54.6 Å². The SMILES string of the molecule is CCN(CC)c1ccc2c(c1)Oc1cc(C)ccc1C21c2ccccc2C(=O)N1c1c(C)cccc1C. The molecule has 0 saturated heterocycles. The number of aryl methyl sites for hydroxylation is 3. The van der Waals surface area contributed by atoms with Gasteiger partial charge in [0.25, 0.3) is 5.91 Å². The van der Waals surface area contributed by atoms with Crippen LogP contribution in [-0.4, -0.2) is 19.0 Å². The summed E-state index contributed by atoms with van der Waals surface area (Å²) >= 11 is 0. The summed E-state index contributed by atoms with van der Waals surface area (Å²) in [6.07, 6.45) is 0. The van der Waals surface area contributed by atoms with Crippen LogP contribution in [0.5, 0.6) is 11.5 Å². The molecule has 1 amide bonds. The van der Waals surface area contributed by atoms with Crippen LogP contribution < -0.4 is 14.5 Å². The van der Waals surface area contributed by atoms with Crippen molar-refractivity contribution < 1.29 is 9.53 Å². The molecule has 0 fully saturated rings. The predicted molar refractivity (Wildman–Crippen MR) is 150 cm³/mol. The van der Waals surface area contributed by atoms with Crippen LogP contribution in [0.1, 0.15) is 57.6 Å². The molecule has 0 saturated carbocycles. The Morgan fingerprint density at radius 3 is 2.11 bits per heavy atom. The van der Waals surface area contributed by atoms with Crippen LogP contribution in [-0.2, 0) is 5.54 Å². The van der Waals surface area contributed by atoms with Crippen molar-refractivity contribution in [1.82, 2.24) is 0 Å². The molecule has 1 spiro atoms. The lowest BCUT2D eigenvalue weighted by Crippen LogP contribution is -2.48. The van der Waals surface area contributed by atoms with Gasteiger partial charge in [0.1, 0.15) is 17.0 Å². The molecule has 0 bridgehead atoms. The largest absolute Gasteiger partial charge is 0.456 e. The van der Waals surface area contributed by atoms with Crippen LogP contribution in [0.4, 0.5) is 11.4 Å². The number of hydrogen-bond donors (Lipinski definition) is 0. The molecule has 2 heterocycles. The Morgan fingerprint density at radius 2 is 1.41 bits per heavy atom. The van der Waals surface area contributed by atoms with Crippen molar-refractivity contribution >= 4 is 17.3 Å². The molecule has 2 aliphatic rings. The highest BCUT2D eigenvalue weighted by Crippen LogP contribution is 2.59. The lowest BCUT2D eigenvalue weighted by molar-refractivity contribution is 0.0985. The second kappa shape index (κ2) is 8.52. The third kappa shape index (κ3) is 3.18. The average Bonchev–Trinajstić information content (AvgIpc) is 3.14. The van der Waals surface area contributed by atoms with Crippen LogP contribution in [0.25, 0.3) is 0 Å². The summed E-state index contributed by atoms with van der Waals surface area (Å²) in [4.78, 5) is 18.8. The highest BCUT2D eigenvalue weighted by atomic mass is 16.5. The number of para-hydroxylation sites is 1. The molecule has 37 heavy (non-hydrogen) atoms. The summed E-state index contributed by atoms with van der Waals surface area (Å²) in [5.41, 5.74) is 8.19. The number of carbonyl (C=O) groups is 1. The van der Waals surface area contributed by atoms with E-state index in [0.29, 0.717) is 0 Å². The number of hydrogen-bond acceptors (Lipinski definition) is 3. The van der Waals surface area contributed by atoms with E-state index in [0.717, 1.165) is 74.9 Å². The first-order chi connectivity index (χ1) is 17.9. The van der Waals surface area contributed by atoms with E-state index in [9.17, 15) is 4.79 Å². The number of anilines is 2. The van der Waals surface area contributed by atoms with Gasteiger partial charge in [-0.3, -0.25) is 9.69 Å². The van der Waals surface area contributed by atoms with Crippen molar-refractivity contribution in [1.29, 1.82) is 0 Å². The van der Waals surface area contributed by atoms with Crippen molar-refractivity contribution in [2.24, 2.45) is 0 Å². The van der Waals surface area contributed by atoms with E-state index in [1.807, 2.05) is 23.1 Å². The van der Waals surface area contributed by atoms with Gasteiger partial charge >= 0.3 is 0 Å². The maximum absolute atomic E-state index is 14.4. The van der Waals surface area contributed by atoms with Crippen molar-refractivity contribution in [2.45, 2.75) is 40.2 Å². The van der Waals surface area contributed by atoms with Crippen molar-refractivity contribution in [3.8, 4) is 11.5 Å². The van der Waals surface area contributed by atoms with E-state index >= 15 is 0 Å². The monoisotopic (exact) mass is 488 g/mol. The first-order valence-electron chi connectivity index (χ1n) is 13.1. The number of rotatable bonds is 4. The molecule has 0 radical (unpaired) electrons. The van der Waals surface area contributed by atoms with Gasteiger partial charge in [0.05, 0.1) is 5.69 Å². The van der Waals surface area contributed by atoms with Crippen LogP contribution in [0, 0.1) is 20.8 Å². The summed E-state index contributed by atoms with van der Waals surface area (Å²) in [7, 11) is 0. The van der Waals surface area contributed by atoms with Gasteiger partial charge in [0.2, 0.25) is 0 Å². The van der Waals surface area contributed by atoms with E-state index < -0.39 is 5.54 Å². The van der Waals surface area contributed by atoms with Gasteiger partial charge in [0, 0.05) is 47.1 Å². The maximum Gasteiger partial charge on any atom is 0.260 e. The van der Waals surface area contributed by atoms with Crippen LogP contribution in [0.3, 0.4) is 0 Å². The van der Waals surface area contributed by atoms with E-state index in [4.69, 9.17) is 4.74 Å². The third-order valence-electron chi connectivity index (χ3n) is 7.98. The summed E-state index contributed by atoms with van der Waals surface area (Å²) in [5, 5.41) is 0. The fourth-order valence-corrected chi connectivity index (χ4v) is 6.29. The van der Waals surface area contributed by atoms with E-state index in [1.165, 1.54) is 0 Å². The molecule has 6 rings (SSSR count). The number of benzene rings is 4. The van der Waals surface area contributed by atoms with E-state index in [-0.39, 0.29) is 5.91 Å². The topological polar surface area (TPSA) is 32.8 Å². The van der Waals surface area contributed by atoms with Gasteiger partial charge < -0.3 is 9.64 Å². The minimum absolute atomic E-state index is 0.0141.